The number of rotatable bonds is 1. The van der Waals surface area contributed by atoms with Crippen LogP contribution in [-0.2, 0) is 5.54 Å². The predicted octanol–water partition coefficient (Wildman–Crippen LogP) is 3.19. The van der Waals surface area contributed by atoms with Crippen molar-refractivity contribution in [1.29, 1.82) is 0 Å². The van der Waals surface area contributed by atoms with Crippen molar-refractivity contribution in [2.24, 2.45) is 5.73 Å². The van der Waals surface area contributed by atoms with Crippen molar-refractivity contribution < 1.29 is 13.2 Å². The first-order valence-corrected chi connectivity index (χ1v) is 5.34. The lowest BCUT2D eigenvalue weighted by molar-refractivity contribution is -0.0514. The van der Waals surface area contributed by atoms with Gasteiger partial charge in [-0.1, -0.05) is 12.1 Å². The Balaban J connectivity index is 2.18. The third-order valence-electron chi connectivity index (χ3n) is 3.29. The van der Waals surface area contributed by atoms with Gasteiger partial charge in [-0.25, -0.2) is 13.2 Å². The van der Waals surface area contributed by atoms with Crippen molar-refractivity contribution in [1.82, 2.24) is 0 Å². The zero-order valence-electron chi connectivity index (χ0n) is 8.85. The van der Waals surface area contributed by atoms with Crippen LogP contribution in [0, 0.1) is 5.82 Å². The Morgan fingerprint density at radius 2 is 1.44 bits per heavy atom. The zero-order valence-corrected chi connectivity index (χ0v) is 8.85. The Morgan fingerprint density at radius 1 is 0.938 bits per heavy atom. The van der Waals surface area contributed by atoms with Gasteiger partial charge in [-0.3, -0.25) is 0 Å². The van der Waals surface area contributed by atoms with Crippen LogP contribution in [0.15, 0.2) is 24.3 Å². The maximum absolute atomic E-state index is 13.0. The van der Waals surface area contributed by atoms with E-state index in [9.17, 15) is 13.2 Å². The highest BCUT2D eigenvalue weighted by Crippen LogP contribution is 2.42. The second-order valence-electron chi connectivity index (χ2n) is 4.52. The van der Waals surface area contributed by atoms with Crippen molar-refractivity contribution in [2.75, 3.05) is 0 Å². The van der Waals surface area contributed by atoms with Gasteiger partial charge in [0, 0.05) is 18.4 Å². The maximum Gasteiger partial charge on any atom is 0.248 e. The fraction of sp³-hybridized carbons (Fsp3) is 0.500. The third-order valence-corrected chi connectivity index (χ3v) is 3.29. The lowest BCUT2D eigenvalue weighted by Crippen LogP contribution is -2.43. The molecule has 1 aromatic carbocycles. The normalized spacial score (nSPS) is 23.0. The summed E-state index contributed by atoms with van der Waals surface area (Å²) in [4.78, 5) is 0. The number of benzene rings is 1. The highest BCUT2D eigenvalue weighted by molar-refractivity contribution is 5.25. The van der Waals surface area contributed by atoms with Gasteiger partial charge in [-0.15, -0.1) is 0 Å². The predicted molar refractivity (Wildman–Crippen MR) is 55.7 cm³/mol. The van der Waals surface area contributed by atoms with Gasteiger partial charge in [0.25, 0.3) is 0 Å². The standard InChI is InChI=1S/C12H14F3N/c13-10-3-1-9(2-4-10)11(16)5-7-12(14,15)8-6-11/h1-4H,5-8,16H2. The molecule has 0 aromatic heterocycles. The molecule has 1 aromatic rings. The molecule has 88 valence electrons. The smallest absolute Gasteiger partial charge is 0.248 e. The summed E-state index contributed by atoms with van der Waals surface area (Å²) in [6.07, 6.45) is 0.0962. The Hall–Kier alpha value is -1.03. The molecule has 0 radical (unpaired) electrons. The summed E-state index contributed by atoms with van der Waals surface area (Å²) in [5.74, 6) is -2.93. The summed E-state index contributed by atoms with van der Waals surface area (Å²) in [6.45, 7) is 0. The maximum atomic E-state index is 13.0. The number of halogens is 3. The van der Waals surface area contributed by atoms with E-state index in [4.69, 9.17) is 5.73 Å². The van der Waals surface area contributed by atoms with Gasteiger partial charge < -0.3 is 5.73 Å². The van der Waals surface area contributed by atoms with Crippen LogP contribution in [0.3, 0.4) is 0 Å². The van der Waals surface area contributed by atoms with E-state index >= 15 is 0 Å². The molecule has 0 spiro atoms. The Bertz CT molecular complexity index is 362. The first kappa shape index (κ1) is 11.5. The lowest BCUT2D eigenvalue weighted by atomic mass is 9.76. The molecular weight excluding hydrogens is 215 g/mol. The van der Waals surface area contributed by atoms with E-state index in [1.165, 1.54) is 12.1 Å². The monoisotopic (exact) mass is 229 g/mol. The van der Waals surface area contributed by atoms with Crippen molar-refractivity contribution in [2.45, 2.75) is 37.1 Å². The van der Waals surface area contributed by atoms with Crippen LogP contribution in [0.25, 0.3) is 0 Å². The van der Waals surface area contributed by atoms with E-state index in [1.54, 1.807) is 12.1 Å². The number of hydrogen-bond donors (Lipinski definition) is 1. The minimum Gasteiger partial charge on any atom is -0.321 e. The van der Waals surface area contributed by atoms with E-state index in [1.807, 2.05) is 0 Å². The van der Waals surface area contributed by atoms with Gasteiger partial charge in [-0.05, 0) is 30.5 Å². The molecule has 2 rings (SSSR count). The molecule has 0 atom stereocenters. The van der Waals surface area contributed by atoms with Crippen LogP contribution in [0.4, 0.5) is 13.2 Å². The summed E-state index contributed by atoms with van der Waals surface area (Å²) in [6, 6.07) is 5.80. The highest BCUT2D eigenvalue weighted by Gasteiger charge is 2.41. The fourth-order valence-electron chi connectivity index (χ4n) is 2.13. The van der Waals surface area contributed by atoms with Crippen LogP contribution in [0.2, 0.25) is 0 Å². The molecule has 0 heterocycles. The van der Waals surface area contributed by atoms with Crippen LogP contribution in [-0.4, -0.2) is 5.92 Å². The van der Waals surface area contributed by atoms with E-state index < -0.39 is 11.5 Å². The van der Waals surface area contributed by atoms with Gasteiger partial charge in [0.15, 0.2) is 0 Å². The van der Waals surface area contributed by atoms with Gasteiger partial charge in [-0.2, -0.15) is 0 Å². The minimum atomic E-state index is -2.59. The molecule has 0 unspecified atom stereocenters. The van der Waals surface area contributed by atoms with Gasteiger partial charge >= 0.3 is 0 Å². The minimum absolute atomic E-state index is 0.194. The molecule has 0 bridgehead atoms. The highest BCUT2D eigenvalue weighted by atomic mass is 19.3. The first-order chi connectivity index (χ1) is 7.41. The van der Waals surface area contributed by atoms with Crippen LogP contribution in [0.1, 0.15) is 31.2 Å². The van der Waals surface area contributed by atoms with E-state index in [0.717, 1.165) is 5.56 Å². The van der Waals surface area contributed by atoms with Gasteiger partial charge in [0.2, 0.25) is 5.92 Å². The molecular formula is C12H14F3N. The van der Waals surface area contributed by atoms with Crippen molar-refractivity contribution >= 4 is 0 Å². The second-order valence-corrected chi connectivity index (χ2v) is 4.52. The van der Waals surface area contributed by atoms with Crippen LogP contribution in [0.5, 0.6) is 0 Å². The van der Waals surface area contributed by atoms with Crippen molar-refractivity contribution in [3.63, 3.8) is 0 Å². The summed E-state index contributed by atoms with van der Waals surface area (Å²) < 4.78 is 38.8. The molecule has 0 amide bonds. The van der Waals surface area contributed by atoms with Crippen LogP contribution < -0.4 is 5.73 Å². The second kappa shape index (κ2) is 3.77. The molecule has 16 heavy (non-hydrogen) atoms. The average Bonchev–Trinajstić information content (AvgIpc) is 2.24. The van der Waals surface area contributed by atoms with E-state index in [0.29, 0.717) is 0 Å². The Morgan fingerprint density at radius 3 is 1.94 bits per heavy atom. The van der Waals surface area contributed by atoms with Crippen molar-refractivity contribution in [3.05, 3.63) is 35.6 Å². The SMILES string of the molecule is NC1(c2ccc(F)cc2)CCC(F)(F)CC1. The first-order valence-electron chi connectivity index (χ1n) is 5.34. The van der Waals surface area contributed by atoms with E-state index in [2.05, 4.69) is 0 Å². The largest absolute Gasteiger partial charge is 0.321 e. The molecule has 1 saturated carbocycles. The molecule has 2 N–H and O–H groups in total. The number of nitrogens with two attached hydrogens (primary N) is 1. The van der Waals surface area contributed by atoms with Crippen molar-refractivity contribution in [3.8, 4) is 0 Å². The number of hydrogen-bond acceptors (Lipinski definition) is 1. The summed E-state index contributed by atoms with van der Waals surface area (Å²) in [5.41, 5.74) is 6.11. The average molecular weight is 229 g/mol. The fourth-order valence-corrected chi connectivity index (χ4v) is 2.13. The molecule has 1 nitrogen and oxygen atoms in total. The summed E-state index contributed by atoms with van der Waals surface area (Å²) in [7, 11) is 0. The number of alkyl halides is 2. The zero-order chi connectivity index (χ0) is 11.8. The lowest BCUT2D eigenvalue weighted by Gasteiger charge is -2.37. The molecule has 1 fully saturated rings. The molecule has 0 saturated heterocycles. The van der Waals surface area contributed by atoms with Crippen LogP contribution >= 0.6 is 0 Å². The summed E-state index contributed by atoms with van der Waals surface area (Å²) >= 11 is 0. The quantitative estimate of drug-likeness (QED) is 0.786. The topological polar surface area (TPSA) is 26.0 Å². The Labute approximate surface area is 92.5 Å². The molecule has 1 aliphatic rings. The van der Waals surface area contributed by atoms with Gasteiger partial charge in [0.1, 0.15) is 5.82 Å². The Kier molecular flexibility index (Phi) is 2.70. The third kappa shape index (κ3) is 2.21. The summed E-state index contributed by atoms with van der Waals surface area (Å²) in [5, 5.41) is 0. The molecule has 0 aliphatic heterocycles. The molecule has 4 heteroatoms. The van der Waals surface area contributed by atoms with E-state index in [-0.39, 0.29) is 31.5 Å². The molecule has 1 aliphatic carbocycles. The van der Waals surface area contributed by atoms with Gasteiger partial charge in [0.05, 0.1) is 0 Å².